The molecule has 0 aromatic heterocycles. The maximum atomic E-state index is 12.0. The lowest BCUT2D eigenvalue weighted by Gasteiger charge is -2.16. The van der Waals surface area contributed by atoms with Gasteiger partial charge in [0.15, 0.2) is 0 Å². The molecule has 1 rings (SSSR count). The number of nitrogens with one attached hydrogen (secondary N) is 1. The van der Waals surface area contributed by atoms with E-state index in [0.29, 0.717) is 13.1 Å². The molecule has 0 bridgehead atoms. The molecule has 0 aliphatic rings. The molecule has 0 aliphatic carbocycles. The Labute approximate surface area is 121 Å². The second-order valence-electron chi connectivity index (χ2n) is 4.46. The van der Waals surface area contributed by atoms with Gasteiger partial charge in [-0.15, -0.1) is 19.8 Å². The summed E-state index contributed by atoms with van der Waals surface area (Å²) in [4.78, 5) is 13.2. The van der Waals surface area contributed by atoms with Crippen molar-refractivity contribution in [2.45, 2.75) is 12.9 Å². The van der Waals surface area contributed by atoms with Crippen molar-refractivity contribution in [1.29, 1.82) is 0 Å². The Morgan fingerprint density at radius 1 is 1.38 bits per heavy atom. The molecule has 1 N–H and O–H groups in total. The maximum absolute atomic E-state index is 12.0. The first kappa shape index (κ1) is 17.0. The predicted molar refractivity (Wildman–Crippen MR) is 72.7 cm³/mol. The van der Waals surface area contributed by atoms with Gasteiger partial charge < -0.3 is 10.1 Å². The van der Waals surface area contributed by atoms with Crippen LogP contribution < -0.4 is 10.1 Å². The number of carbonyl (C=O) groups is 1. The second-order valence-corrected chi connectivity index (χ2v) is 4.46. The quantitative estimate of drug-likeness (QED) is 0.786. The van der Waals surface area contributed by atoms with E-state index in [-0.39, 0.29) is 18.2 Å². The number of hydrogen-bond acceptors (Lipinski definition) is 3. The molecule has 0 heterocycles. The van der Waals surface area contributed by atoms with Gasteiger partial charge in [-0.3, -0.25) is 9.69 Å². The summed E-state index contributed by atoms with van der Waals surface area (Å²) in [6.07, 6.45) is -3.11. The van der Waals surface area contributed by atoms with Crippen LogP contribution >= 0.6 is 0 Å². The lowest BCUT2D eigenvalue weighted by molar-refractivity contribution is -0.274. The van der Waals surface area contributed by atoms with E-state index in [9.17, 15) is 18.0 Å². The van der Waals surface area contributed by atoms with E-state index in [4.69, 9.17) is 0 Å². The molecular formula is C14H17F3N2O2. The van der Waals surface area contributed by atoms with Crippen LogP contribution in [0, 0.1) is 0 Å². The van der Waals surface area contributed by atoms with Gasteiger partial charge >= 0.3 is 6.36 Å². The molecule has 0 spiro atoms. The maximum Gasteiger partial charge on any atom is 0.573 e. The third-order valence-electron chi connectivity index (χ3n) is 2.47. The summed E-state index contributed by atoms with van der Waals surface area (Å²) in [6, 6.07) is 5.54. The first-order chi connectivity index (χ1) is 9.80. The zero-order chi connectivity index (χ0) is 15.9. The molecule has 1 aromatic carbocycles. The number of halogens is 3. The van der Waals surface area contributed by atoms with Gasteiger partial charge in [-0.1, -0.05) is 18.2 Å². The number of ether oxygens (including phenoxy) is 1. The fourth-order valence-corrected chi connectivity index (χ4v) is 1.65. The van der Waals surface area contributed by atoms with Crippen molar-refractivity contribution in [2.75, 3.05) is 20.1 Å². The first-order valence-electron chi connectivity index (χ1n) is 6.21. The highest BCUT2D eigenvalue weighted by atomic mass is 19.4. The van der Waals surface area contributed by atoms with Crippen LogP contribution in [0.5, 0.6) is 5.75 Å². The third kappa shape index (κ3) is 7.36. The zero-order valence-electron chi connectivity index (χ0n) is 11.6. The minimum absolute atomic E-state index is 0.144. The molecule has 0 saturated heterocycles. The van der Waals surface area contributed by atoms with E-state index in [1.807, 2.05) is 0 Å². The Kier molecular flexibility index (Phi) is 6.23. The van der Waals surface area contributed by atoms with Crippen molar-refractivity contribution in [3.63, 3.8) is 0 Å². The number of amides is 1. The predicted octanol–water partition coefficient (Wildman–Crippen LogP) is 2.32. The Bertz CT molecular complexity index is 472. The summed E-state index contributed by atoms with van der Waals surface area (Å²) in [5, 5.41) is 2.64. The molecule has 1 amide bonds. The van der Waals surface area contributed by atoms with Crippen LogP contribution in [0.15, 0.2) is 36.9 Å². The Morgan fingerprint density at radius 2 is 2.00 bits per heavy atom. The average molecular weight is 302 g/mol. The number of rotatable bonds is 7. The minimum atomic E-state index is -4.69. The highest BCUT2D eigenvalue weighted by molar-refractivity contribution is 5.78. The number of carbonyl (C=O) groups excluding carboxylic acids is 1. The van der Waals surface area contributed by atoms with E-state index in [1.165, 1.54) is 24.3 Å². The Balaban J connectivity index is 2.47. The van der Waals surface area contributed by atoms with Crippen molar-refractivity contribution in [2.24, 2.45) is 0 Å². The number of likely N-dealkylation sites (N-methyl/N-ethyl adjacent to an activating group) is 1. The van der Waals surface area contributed by atoms with Gasteiger partial charge in [0.25, 0.3) is 0 Å². The van der Waals surface area contributed by atoms with Crippen LogP contribution in [0.3, 0.4) is 0 Å². The van der Waals surface area contributed by atoms with E-state index >= 15 is 0 Å². The summed E-state index contributed by atoms with van der Waals surface area (Å²) in [7, 11) is 1.74. The van der Waals surface area contributed by atoms with Crippen LogP contribution in [0.25, 0.3) is 0 Å². The number of nitrogens with zero attached hydrogens (tertiary/aromatic N) is 1. The highest BCUT2D eigenvalue weighted by Gasteiger charge is 2.30. The lowest BCUT2D eigenvalue weighted by Crippen LogP contribution is -2.34. The van der Waals surface area contributed by atoms with E-state index in [1.54, 1.807) is 18.0 Å². The zero-order valence-corrected chi connectivity index (χ0v) is 11.6. The normalized spacial score (nSPS) is 11.3. The van der Waals surface area contributed by atoms with Crippen LogP contribution in [-0.4, -0.2) is 37.3 Å². The number of hydrogen-bond donors (Lipinski definition) is 1. The molecule has 4 nitrogen and oxygen atoms in total. The van der Waals surface area contributed by atoms with Crippen molar-refractivity contribution in [3.05, 3.63) is 42.5 Å². The standard InChI is InChI=1S/C14H17F3N2O2/c1-3-8-18-13(20)10-19(2)9-11-4-6-12(7-5-11)21-14(15,16)17/h3-7H,1,8-10H2,2H3,(H,18,20). The van der Waals surface area contributed by atoms with Gasteiger partial charge in [0.05, 0.1) is 6.54 Å². The molecule has 0 atom stereocenters. The van der Waals surface area contributed by atoms with E-state index < -0.39 is 6.36 Å². The SMILES string of the molecule is C=CCNC(=O)CN(C)Cc1ccc(OC(F)(F)F)cc1. The topological polar surface area (TPSA) is 41.6 Å². The fourth-order valence-electron chi connectivity index (χ4n) is 1.65. The molecule has 0 fully saturated rings. The number of benzene rings is 1. The summed E-state index contributed by atoms with van der Waals surface area (Å²) < 4.78 is 39.8. The van der Waals surface area contributed by atoms with Crippen molar-refractivity contribution < 1.29 is 22.7 Å². The minimum Gasteiger partial charge on any atom is -0.406 e. The smallest absolute Gasteiger partial charge is 0.406 e. The molecule has 21 heavy (non-hydrogen) atoms. The van der Waals surface area contributed by atoms with Crippen LogP contribution in [-0.2, 0) is 11.3 Å². The van der Waals surface area contributed by atoms with Crippen molar-refractivity contribution >= 4 is 5.91 Å². The van der Waals surface area contributed by atoms with Gasteiger partial charge in [-0.25, -0.2) is 0 Å². The molecule has 0 unspecified atom stereocenters. The van der Waals surface area contributed by atoms with Crippen LogP contribution in [0.4, 0.5) is 13.2 Å². The summed E-state index contributed by atoms with van der Waals surface area (Å²) >= 11 is 0. The first-order valence-corrected chi connectivity index (χ1v) is 6.21. The molecule has 116 valence electrons. The molecule has 7 heteroatoms. The van der Waals surface area contributed by atoms with Crippen LogP contribution in [0.2, 0.25) is 0 Å². The van der Waals surface area contributed by atoms with Gasteiger partial charge in [0.1, 0.15) is 5.75 Å². The second kappa shape index (κ2) is 7.68. The summed E-state index contributed by atoms with van der Waals surface area (Å²) in [5.74, 6) is -0.410. The summed E-state index contributed by atoms with van der Waals surface area (Å²) in [6.45, 7) is 4.52. The molecule has 0 radical (unpaired) electrons. The molecule has 0 saturated carbocycles. The molecular weight excluding hydrogens is 285 g/mol. The third-order valence-corrected chi connectivity index (χ3v) is 2.47. The van der Waals surface area contributed by atoms with Gasteiger partial charge in [-0.2, -0.15) is 0 Å². The van der Waals surface area contributed by atoms with Crippen molar-refractivity contribution in [3.8, 4) is 5.75 Å². The molecule has 0 aliphatic heterocycles. The Morgan fingerprint density at radius 3 is 2.52 bits per heavy atom. The van der Waals surface area contributed by atoms with Crippen LogP contribution in [0.1, 0.15) is 5.56 Å². The van der Waals surface area contributed by atoms with E-state index in [0.717, 1.165) is 5.56 Å². The number of alkyl halides is 3. The van der Waals surface area contributed by atoms with Gasteiger partial charge in [-0.05, 0) is 24.7 Å². The largest absolute Gasteiger partial charge is 0.573 e. The monoisotopic (exact) mass is 302 g/mol. The fraction of sp³-hybridized carbons (Fsp3) is 0.357. The average Bonchev–Trinajstić information content (AvgIpc) is 2.37. The lowest BCUT2D eigenvalue weighted by atomic mass is 10.2. The van der Waals surface area contributed by atoms with Gasteiger partial charge in [0.2, 0.25) is 5.91 Å². The summed E-state index contributed by atoms with van der Waals surface area (Å²) in [5.41, 5.74) is 0.781. The Hall–Kier alpha value is -2.02. The highest BCUT2D eigenvalue weighted by Crippen LogP contribution is 2.22. The van der Waals surface area contributed by atoms with Crippen molar-refractivity contribution in [1.82, 2.24) is 10.2 Å². The molecule has 1 aromatic rings. The van der Waals surface area contributed by atoms with Gasteiger partial charge in [0, 0.05) is 13.1 Å². The van der Waals surface area contributed by atoms with E-state index in [2.05, 4.69) is 16.6 Å².